The van der Waals surface area contributed by atoms with Crippen molar-refractivity contribution in [1.82, 2.24) is 19.5 Å². The molecule has 2 aliphatic heterocycles. The average molecular weight is 460 g/mol. The Labute approximate surface area is 199 Å². The molecule has 3 fully saturated rings. The first kappa shape index (κ1) is 21.5. The lowest BCUT2D eigenvalue weighted by Crippen LogP contribution is -2.28. The lowest BCUT2D eigenvalue weighted by molar-refractivity contribution is -0.190. The van der Waals surface area contributed by atoms with Gasteiger partial charge in [0.2, 0.25) is 0 Å². The van der Waals surface area contributed by atoms with Crippen LogP contribution in [0.3, 0.4) is 0 Å². The van der Waals surface area contributed by atoms with E-state index in [2.05, 4.69) is 45.1 Å². The number of fused-ring (bicyclic) bond motifs is 2. The summed E-state index contributed by atoms with van der Waals surface area (Å²) in [4.78, 5) is 13.7. The third-order valence-electron chi connectivity index (χ3n) is 6.85. The summed E-state index contributed by atoms with van der Waals surface area (Å²) in [5, 5.41) is 3.55. The Hall–Kier alpha value is -2.99. The van der Waals surface area contributed by atoms with Gasteiger partial charge in [-0.3, -0.25) is 4.57 Å². The normalized spacial score (nSPS) is 28.1. The highest BCUT2D eigenvalue weighted by molar-refractivity contribution is 5.82. The molecule has 1 saturated carbocycles. The molecule has 4 unspecified atom stereocenters. The summed E-state index contributed by atoms with van der Waals surface area (Å²) < 4.78 is 20.9. The van der Waals surface area contributed by atoms with Crippen molar-refractivity contribution >= 4 is 17.0 Å². The molecule has 3 aromatic rings. The summed E-state index contributed by atoms with van der Waals surface area (Å²) >= 11 is 0. The summed E-state index contributed by atoms with van der Waals surface area (Å²) in [6.07, 6.45) is 6.61. The molecule has 2 aromatic heterocycles. The third kappa shape index (κ3) is 3.84. The van der Waals surface area contributed by atoms with E-state index in [0.717, 1.165) is 35.3 Å². The molecule has 176 valence electrons. The molecule has 4 heterocycles. The number of ether oxygens (including phenoxy) is 3. The minimum atomic E-state index is -0.722. The Bertz CT molecular complexity index is 1270. The number of hydrogen-bond donors (Lipinski definition) is 1. The summed E-state index contributed by atoms with van der Waals surface area (Å²) in [5.41, 5.74) is 3.56. The van der Waals surface area contributed by atoms with Gasteiger partial charge in [0.15, 0.2) is 29.0 Å². The molecule has 1 aliphatic carbocycles. The van der Waals surface area contributed by atoms with E-state index in [0.29, 0.717) is 11.7 Å². The summed E-state index contributed by atoms with van der Waals surface area (Å²) in [6.45, 7) is 5.90. The van der Waals surface area contributed by atoms with E-state index in [9.17, 15) is 0 Å². The van der Waals surface area contributed by atoms with Crippen LogP contribution in [-0.2, 0) is 14.2 Å². The number of nitrogens with zero attached hydrogens (tertiary/aromatic N) is 4. The Balaban J connectivity index is 1.33. The fourth-order valence-corrected chi connectivity index (χ4v) is 5.19. The minimum absolute atomic E-state index is 0.313. The third-order valence-corrected chi connectivity index (χ3v) is 6.85. The van der Waals surface area contributed by atoms with Gasteiger partial charge in [0.1, 0.15) is 24.6 Å². The van der Waals surface area contributed by atoms with E-state index < -0.39 is 18.1 Å². The van der Waals surface area contributed by atoms with Crippen molar-refractivity contribution in [1.29, 1.82) is 0 Å². The van der Waals surface area contributed by atoms with Crippen LogP contribution in [-0.4, -0.2) is 49.7 Å². The second kappa shape index (κ2) is 8.35. The summed E-state index contributed by atoms with van der Waals surface area (Å²) in [7, 11) is 0. The number of benzene rings is 1. The minimum Gasteiger partial charge on any atom is -0.365 e. The Morgan fingerprint density at radius 3 is 2.68 bits per heavy atom. The van der Waals surface area contributed by atoms with Gasteiger partial charge in [0.25, 0.3) is 0 Å². The molecule has 8 heteroatoms. The zero-order valence-corrected chi connectivity index (χ0v) is 19.7. The monoisotopic (exact) mass is 459 g/mol. The maximum Gasteiger partial charge on any atom is 0.167 e. The van der Waals surface area contributed by atoms with Gasteiger partial charge in [0, 0.05) is 11.6 Å². The maximum atomic E-state index is 6.43. The van der Waals surface area contributed by atoms with Crippen LogP contribution in [0.4, 0.5) is 5.82 Å². The van der Waals surface area contributed by atoms with Crippen LogP contribution in [0.15, 0.2) is 36.9 Å². The number of anilines is 1. The van der Waals surface area contributed by atoms with Gasteiger partial charge in [-0.15, -0.1) is 0 Å². The van der Waals surface area contributed by atoms with E-state index in [1.54, 1.807) is 12.7 Å². The number of aryl methyl sites for hydroxylation is 1. The van der Waals surface area contributed by atoms with E-state index in [-0.39, 0.29) is 12.2 Å². The van der Waals surface area contributed by atoms with Crippen LogP contribution in [0.2, 0.25) is 0 Å². The zero-order chi connectivity index (χ0) is 23.3. The maximum absolute atomic E-state index is 6.43. The molecule has 3 aliphatic rings. The number of rotatable bonds is 3. The van der Waals surface area contributed by atoms with Crippen LogP contribution >= 0.6 is 0 Å². The van der Waals surface area contributed by atoms with Gasteiger partial charge < -0.3 is 19.5 Å². The van der Waals surface area contributed by atoms with Crippen LogP contribution in [0, 0.1) is 18.8 Å². The van der Waals surface area contributed by atoms with Gasteiger partial charge in [-0.2, -0.15) is 0 Å². The van der Waals surface area contributed by atoms with Gasteiger partial charge in [-0.25, -0.2) is 15.0 Å². The highest BCUT2D eigenvalue weighted by Crippen LogP contribution is 2.43. The zero-order valence-electron chi connectivity index (χ0n) is 19.7. The predicted molar refractivity (Wildman–Crippen MR) is 127 cm³/mol. The highest BCUT2D eigenvalue weighted by atomic mass is 16.8. The first-order valence-corrected chi connectivity index (χ1v) is 12.0. The van der Waals surface area contributed by atoms with Gasteiger partial charge in [0.05, 0.1) is 6.33 Å². The van der Waals surface area contributed by atoms with E-state index in [1.165, 1.54) is 12.8 Å². The first-order valence-electron chi connectivity index (χ1n) is 12.0. The molecule has 34 heavy (non-hydrogen) atoms. The lowest BCUT2D eigenvalue weighted by atomic mass is 10.1. The fourth-order valence-electron chi connectivity index (χ4n) is 5.19. The topological polar surface area (TPSA) is 83.3 Å². The standard InChI is InChI=1S/C26H29N5O3/c1-16-8-4-5-9-17(16)12-13-19-21-22(34-26(2,3)33-21)25(32-19)31-15-29-20-23(27-14-28-24(20)31)30-18-10-6-7-11-18/h4-5,8-9,14-15,18-19,21-22,25H,6-7,10-11H2,1-3H3,(H,27,28,30). The molecule has 1 N–H and O–H groups in total. The van der Waals surface area contributed by atoms with Crippen LogP contribution in [0.1, 0.15) is 56.9 Å². The van der Waals surface area contributed by atoms with Gasteiger partial charge >= 0.3 is 0 Å². The lowest BCUT2D eigenvalue weighted by Gasteiger charge is -2.23. The largest absolute Gasteiger partial charge is 0.365 e. The first-order chi connectivity index (χ1) is 16.5. The molecule has 4 atom stereocenters. The van der Waals surface area contributed by atoms with E-state index in [4.69, 9.17) is 14.2 Å². The second-order valence-corrected chi connectivity index (χ2v) is 9.77. The van der Waals surface area contributed by atoms with Crippen molar-refractivity contribution in [3.63, 3.8) is 0 Å². The quantitative estimate of drug-likeness (QED) is 0.594. The molecule has 0 spiro atoms. The molecule has 0 radical (unpaired) electrons. The van der Waals surface area contributed by atoms with Crippen molar-refractivity contribution in [2.24, 2.45) is 0 Å². The van der Waals surface area contributed by atoms with Gasteiger partial charge in [-0.1, -0.05) is 42.9 Å². The smallest absolute Gasteiger partial charge is 0.167 e. The molecule has 1 aromatic carbocycles. The van der Waals surface area contributed by atoms with Crippen LogP contribution < -0.4 is 5.32 Å². The van der Waals surface area contributed by atoms with Crippen LogP contribution in [0.5, 0.6) is 0 Å². The van der Waals surface area contributed by atoms with Crippen molar-refractivity contribution < 1.29 is 14.2 Å². The summed E-state index contributed by atoms with van der Waals surface area (Å²) in [6, 6.07) is 8.50. The van der Waals surface area contributed by atoms with E-state index >= 15 is 0 Å². The van der Waals surface area contributed by atoms with Crippen molar-refractivity contribution in [2.75, 3.05) is 5.32 Å². The van der Waals surface area contributed by atoms with Gasteiger partial charge in [-0.05, 0) is 45.2 Å². The Morgan fingerprint density at radius 1 is 1.06 bits per heavy atom. The van der Waals surface area contributed by atoms with Crippen molar-refractivity contribution in [3.05, 3.63) is 48.0 Å². The fraction of sp³-hybridized carbons (Fsp3) is 0.500. The number of hydrogen-bond acceptors (Lipinski definition) is 7. The molecular weight excluding hydrogens is 430 g/mol. The second-order valence-electron chi connectivity index (χ2n) is 9.77. The Kier molecular flexibility index (Phi) is 5.29. The molecule has 0 amide bonds. The van der Waals surface area contributed by atoms with Crippen LogP contribution in [0.25, 0.3) is 11.2 Å². The SMILES string of the molecule is Cc1ccccc1C#CC1OC(n2cnc3c(NC4CCCC4)ncnc32)C2OC(C)(C)OC12. The van der Waals surface area contributed by atoms with E-state index in [1.807, 2.05) is 36.6 Å². The molecule has 0 bridgehead atoms. The molecule has 2 saturated heterocycles. The van der Waals surface area contributed by atoms with Crippen molar-refractivity contribution in [3.8, 4) is 11.8 Å². The Morgan fingerprint density at radius 2 is 1.85 bits per heavy atom. The number of aromatic nitrogens is 4. The average Bonchev–Trinajstić information content (AvgIpc) is 3.58. The van der Waals surface area contributed by atoms with Crippen molar-refractivity contribution in [2.45, 2.75) is 82.8 Å². The predicted octanol–water partition coefficient (Wildman–Crippen LogP) is 3.96. The molecular formula is C26H29N5O3. The highest BCUT2D eigenvalue weighted by Gasteiger charge is 2.56. The molecule has 6 rings (SSSR count). The number of nitrogens with one attached hydrogen (secondary N) is 1. The molecule has 8 nitrogen and oxygen atoms in total. The summed E-state index contributed by atoms with van der Waals surface area (Å²) in [5.74, 6) is 6.61. The number of imidazole rings is 1.